The van der Waals surface area contributed by atoms with Gasteiger partial charge in [-0.05, 0) is 42.8 Å². The highest BCUT2D eigenvalue weighted by Crippen LogP contribution is 2.21. The maximum atomic E-state index is 13.3. The van der Waals surface area contributed by atoms with E-state index in [1.165, 1.54) is 12.3 Å². The molecule has 0 radical (unpaired) electrons. The molecular weight excluding hydrogens is 229 g/mol. The standard InChI is InChI=1S/C14H16FN3/c1-3-17-14(11-4-5-18-10(2)6-11)12-7-13(15)9-16-8-12/h4-9,14,17H,3H2,1-2H3. The minimum atomic E-state index is -0.318. The van der Waals surface area contributed by atoms with Crippen LogP contribution in [-0.4, -0.2) is 16.5 Å². The van der Waals surface area contributed by atoms with Gasteiger partial charge in [-0.1, -0.05) is 6.92 Å². The van der Waals surface area contributed by atoms with Crippen LogP contribution in [0.3, 0.4) is 0 Å². The molecule has 94 valence electrons. The number of hydrogen-bond donors (Lipinski definition) is 1. The van der Waals surface area contributed by atoms with Gasteiger partial charge >= 0.3 is 0 Å². The Morgan fingerprint density at radius 3 is 2.78 bits per heavy atom. The molecular formula is C14H16FN3. The van der Waals surface area contributed by atoms with Gasteiger partial charge in [0.1, 0.15) is 5.82 Å². The first-order valence-electron chi connectivity index (χ1n) is 5.97. The van der Waals surface area contributed by atoms with Gasteiger partial charge in [-0.3, -0.25) is 9.97 Å². The number of aromatic nitrogens is 2. The smallest absolute Gasteiger partial charge is 0.141 e. The SMILES string of the molecule is CCNC(c1cncc(F)c1)c1ccnc(C)c1. The zero-order chi connectivity index (χ0) is 13.0. The summed E-state index contributed by atoms with van der Waals surface area (Å²) in [7, 11) is 0. The van der Waals surface area contributed by atoms with Crippen molar-refractivity contribution in [1.82, 2.24) is 15.3 Å². The normalized spacial score (nSPS) is 12.4. The van der Waals surface area contributed by atoms with Crippen LogP contribution in [0.5, 0.6) is 0 Å². The molecule has 0 amide bonds. The van der Waals surface area contributed by atoms with Crippen LogP contribution in [0.15, 0.2) is 36.8 Å². The van der Waals surface area contributed by atoms with E-state index in [-0.39, 0.29) is 11.9 Å². The Bertz CT molecular complexity index is 482. The van der Waals surface area contributed by atoms with Gasteiger partial charge in [0, 0.05) is 18.1 Å². The third-order valence-electron chi connectivity index (χ3n) is 2.72. The summed E-state index contributed by atoms with van der Waals surface area (Å²) in [6.07, 6.45) is 4.66. The van der Waals surface area contributed by atoms with Gasteiger partial charge in [0.2, 0.25) is 0 Å². The van der Waals surface area contributed by atoms with E-state index in [1.807, 2.05) is 26.0 Å². The first kappa shape index (κ1) is 12.6. The summed E-state index contributed by atoms with van der Waals surface area (Å²) in [5, 5.41) is 3.34. The third kappa shape index (κ3) is 2.90. The second-order valence-corrected chi connectivity index (χ2v) is 4.16. The summed E-state index contributed by atoms with van der Waals surface area (Å²) in [4.78, 5) is 8.08. The van der Waals surface area contributed by atoms with E-state index < -0.39 is 0 Å². The Balaban J connectivity index is 2.39. The van der Waals surface area contributed by atoms with Gasteiger partial charge in [-0.25, -0.2) is 4.39 Å². The van der Waals surface area contributed by atoms with Gasteiger partial charge in [0.25, 0.3) is 0 Å². The highest BCUT2D eigenvalue weighted by Gasteiger charge is 2.14. The number of pyridine rings is 2. The molecule has 0 aliphatic carbocycles. The lowest BCUT2D eigenvalue weighted by molar-refractivity contribution is 0.595. The van der Waals surface area contributed by atoms with Crippen LogP contribution < -0.4 is 5.32 Å². The Hall–Kier alpha value is -1.81. The third-order valence-corrected chi connectivity index (χ3v) is 2.72. The van der Waals surface area contributed by atoms with Crippen molar-refractivity contribution in [1.29, 1.82) is 0 Å². The van der Waals surface area contributed by atoms with Crippen molar-refractivity contribution < 1.29 is 4.39 Å². The van der Waals surface area contributed by atoms with Crippen molar-refractivity contribution in [2.45, 2.75) is 19.9 Å². The van der Waals surface area contributed by atoms with Crippen molar-refractivity contribution in [3.63, 3.8) is 0 Å². The molecule has 1 unspecified atom stereocenters. The average Bonchev–Trinajstić information content (AvgIpc) is 2.36. The van der Waals surface area contributed by atoms with Gasteiger partial charge in [0.05, 0.1) is 12.2 Å². The fourth-order valence-corrected chi connectivity index (χ4v) is 1.97. The molecule has 2 rings (SSSR count). The summed E-state index contributed by atoms with van der Waals surface area (Å²) in [6.45, 7) is 4.76. The first-order chi connectivity index (χ1) is 8.70. The second kappa shape index (κ2) is 5.69. The number of hydrogen-bond acceptors (Lipinski definition) is 3. The Morgan fingerprint density at radius 2 is 2.11 bits per heavy atom. The Kier molecular flexibility index (Phi) is 3.99. The molecule has 0 spiro atoms. The summed E-state index contributed by atoms with van der Waals surface area (Å²) in [6, 6.07) is 5.39. The molecule has 0 saturated heterocycles. The molecule has 0 saturated carbocycles. The number of rotatable bonds is 4. The fourth-order valence-electron chi connectivity index (χ4n) is 1.97. The summed E-state index contributed by atoms with van der Waals surface area (Å²) in [5.74, 6) is -0.318. The lowest BCUT2D eigenvalue weighted by atomic mass is 10.0. The van der Waals surface area contributed by atoms with Gasteiger partial charge in [-0.2, -0.15) is 0 Å². The van der Waals surface area contributed by atoms with Crippen LogP contribution in [-0.2, 0) is 0 Å². The summed E-state index contributed by atoms with van der Waals surface area (Å²) < 4.78 is 13.3. The lowest BCUT2D eigenvalue weighted by Crippen LogP contribution is -2.22. The van der Waals surface area contributed by atoms with Crippen LogP contribution in [0.25, 0.3) is 0 Å². The summed E-state index contributed by atoms with van der Waals surface area (Å²) >= 11 is 0. The van der Waals surface area contributed by atoms with Crippen molar-refractivity contribution >= 4 is 0 Å². The summed E-state index contributed by atoms with van der Waals surface area (Å²) in [5.41, 5.74) is 2.83. The topological polar surface area (TPSA) is 37.8 Å². The van der Waals surface area contributed by atoms with Crippen molar-refractivity contribution in [3.8, 4) is 0 Å². The van der Waals surface area contributed by atoms with E-state index in [0.29, 0.717) is 0 Å². The Labute approximate surface area is 106 Å². The molecule has 2 aromatic heterocycles. The predicted octanol–water partition coefficient (Wildman–Crippen LogP) is 2.62. The molecule has 1 N–H and O–H groups in total. The lowest BCUT2D eigenvalue weighted by Gasteiger charge is -2.18. The Morgan fingerprint density at radius 1 is 1.28 bits per heavy atom. The van der Waals surface area contributed by atoms with E-state index in [9.17, 15) is 4.39 Å². The monoisotopic (exact) mass is 245 g/mol. The maximum Gasteiger partial charge on any atom is 0.141 e. The first-order valence-corrected chi connectivity index (χ1v) is 5.97. The molecule has 2 aromatic rings. The molecule has 0 aromatic carbocycles. The molecule has 18 heavy (non-hydrogen) atoms. The zero-order valence-corrected chi connectivity index (χ0v) is 10.5. The van der Waals surface area contributed by atoms with E-state index in [1.54, 1.807) is 12.4 Å². The van der Waals surface area contributed by atoms with Gasteiger partial charge in [-0.15, -0.1) is 0 Å². The highest BCUT2D eigenvalue weighted by atomic mass is 19.1. The van der Waals surface area contributed by atoms with Crippen molar-refractivity contribution in [2.24, 2.45) is 0 Å². The van der Waals surface area contributed by atoms with Crippen molar-refractivity contribution in [3.05, 3.63) is 59.4 Å². The average molecular weight is 245 g/mol. The van der Waals surface area contributed by atoms with E-state index in [4.69, 9.17) is 0 Å². The molecule has 0 bridgehead atoms. The number of halogens is 1. The predicted molar refractivity (Wildman–Crippen MR) is 68.7 cm³/mol. The molecule has 4 heteroatoms. The largest absolute Gasteiger partial charge is 0.306 e. The van der Waals surface area contributed by atoms with E-state index >= 15 is 0 Å². The minimum absolute atomic E-state index is 0.0556. The minimum Gasteiger partial charge on any atom is -0.306 e. The van der Waals surface area contributed by atoms with Crippen LogP contribution in [0.2, 0.25) is 0 Å². The molecule has 0 aliphatic rings. The molecule has 2 heterocycles. The van der Waals surface area contributed by atoms with Crippen molar-refractivity contribution in [2.75, 3.05) is 6.54 Å². The van der Waals surface area contributed by atoms with Crippen LogP contribution in [0, 0.1) is 12.7 Å². The number of nitrogens with one attached hydrogen (secondary N) is 1. The molecule has 0 fully saturated rings. The zero-order valence-electron chi connectivity index (χ0n) is 10.5. The number of nitrogens with zero attached hydrogens (tertiary/aromatic N) is 2. The van der Waals surface area contributed by atoms with Gasteiger partial charge in [0.15, 0.2) is 0 Å². The maximum absolute atomic E-state index is 13.3. The fraction of sp³-hybridized carbons (Fsp3) is 0.286. The molecule has 1 atom stereocenters. The van der Waals surface area contributed by atoms with E-state index in [2.05, 4.69) is 15.3 Å². The quantitative estimate of drug-likeness (QED) is 0.899. The van der Waals surface area contributed by atoms with Crippen LogP contribution in [0.4, 0.5) is 4.39 Å². The van der Waals surface area contributed by atoms with E-state index in [0.717, 1.165) is 23.4 Å². The number of aryl methyl sites for hydroxylation is 1. The van der Waals surface area contributed by atoms with Crippen LogP contribution >= 0.6 is 0 Å². The second-order valence-electron chi connectivity index (χ2n) is 4.16. The molecule has 0 aliphatic heterocycles. The van der Waals surface area contributed by atoms with Gasteiger partial charge < -0.3 is 5.32 Å². The van der Waals surface area contributed by atoms with Crippen LogP contribution in [0.1, 0.15) is 29.8 Å². The molecule has 3 nitrogen and oxygen atoms in total. The highest BCUT2D eigenvalue weighted by molar-refractivity contribution is 5.30.